The summed E-state index contributed by atoms with van der Waals surface area (Å²) in [5.41, 5.74) is 2.60. The number of rotatable bonds is 3. The van der Waals surface area contributed by atoms with E-state index in [4.69, 9.17) is 9.88 Å². The first-order valence-electron chi connectivity index (χ1n) is 7.47. The topological polar surface area (TPSA) is 86.5 Å². The Bertz CT molecular complexity index is 928. The average molecular weight is 343 g/mol. The Kier molecular flexibility index (Phi) is 4.26. The fraction of sp³-hybridized carbons (Fsp3) is 0.167. The van der Waals surface area contributed by atoms with E-state index in [1.165, 1.54) is 6.07 Å². The first-order valence-corrected chi connectivity index (χ1v) is 9.02. The van der Waals surface area contributed by atoms with E-state index in [-0.39, 0.29) is 22.9 Å². The predicted molar refractivity (Wildman–Crippen MR) is 90.6 cm³/mol. The lowest BCUT2D eigenvalue weighted by Crippen LogP contribution is -2.15. The van der Waals surface area contributed by atoms with Crippen LogP contribution >= 0.6 is 0 Å². The number of nitrogens with two attached hydrogens (primary N) is 1. The molecule has 1 heterocycles. The Hall–Kier alpha value is -2.44. The molecular formula is C18H17NO4S. The van der Waals surface area contributed by atoms with Gasteiger partial charge in [0.15, 0.2) is 5.76 Å². The third kappa shape index (κ3) is 3.11. The molecule has 24 heavy (non-hydrogen) atoms. The van der Waals surface area contributed by atoms with Crippen LogP contribution < -0.4 is 5.14 Å². The molecule has 0 amide bonds. The van der Waals surface area contributed by atoms with Crippen molar-refractivity contribution in [2.45, 2.75) is 18.2 Å². The molecule has 2 N–H and O–H groups in total. The van der Waals surface area contributed by atoms with Crippen molar-refractivity contribution in [1.29, 1.82) is 0 Å². The first-order chi connectivity index (χ1) is 11.4. The minimum atomic E-state index is -3.94. The monoisotopic (exact) mass is 343 g/mol. The number of Topliss-reactive ketones (excluding diaryl/α,β-unsaturated/α-hetero) is 1. The van der Waals surface area contributed by atoms with Gasteiger partial charge in [-0.3, -0.25) is 4.79 Å². The second-order valence-corrected chi connectivity index (χ2v) is 7.16. The van der Waals surface area contributed by atoms with Crippen LogP contribution in [0.4, 0.5) is 0 Å². The SMILES string of the molecule is Cc1ccc(C(=C2OCCC2=O)c2ccccc2S(N)(=O)=O)cc1. The molecule has 0 radical (unpaired) electrons. The number of ether oxygens (including phenoxy) is 1. The van der Waals surface area contributed by atoms with E-state index in [1.54, 1.807) is 18.2 Å². The first kappa shape index (κ1) is 16.4. The summed E-state index contributed by atoms with van der Waals surface area (Å²) in [5.74, 6) is 0.0461. The Morgan fingerprint density at radius 3 is 2.33 bits per heavy atom. The number of hydrogen-bond donors (Lipinski definition) is 1. The van der Waals surface area contributed by atoms with Gasteiger partial charge < -0.3 is 4.74 Å². The van der Waals surface area contributed by atoms with E-state index in [1.807, 2.05) is 31.2 Å². The van der Waals surface area contributed by atoms with Crippen LogP contribution in [0.1, 0.15) is 23.1 Å². The zero-order valence-corrected chi connectivity index (χ0v) is 14.0. The lowest BCUT2D eigenvalue weighted by Gasteiger charge is -2.15. The number of aryl methyl sites for hydroxylation is 1. The van der Waals surface area contributed by atoms with Gasteiger partial charge in [-0.2, -0.15) is 0 Å². The number of hydrogen-bond acceptors (Lipinski definition) is 4. The normalized spacial score (nSPS) is 16.8. The van der Waals surface area contributed by atoms with Gasteiger partial charge in [0.1, 0.15) is 0 Å². The number of carbonyl (C=O) groups excluding carboxylic acids is 1. The van der Waals surface area contributed by atoms with Crippen LogP contribution in [0.15, 0.2) is 59.2 Å². The summed E-state index contributed by atoms with van der Waals surface area (Å²) in [6.45, 7) is 2.24. The molecule has 5 nitrogen and oxygen atoms in total. The molecule has 124 valence electrons. The molecule has 0 atom stereocenters. The highest BCUT2D eigenvalue weighted by Crippen LogP contribution is 2.34. The van der Waals surface area contributed by atoms with Crippen LogP contribution in [0.3, 0.4) is 0 Å². The Morgan fingerprint density at radius 2 is 1.75 bits per heavy atom. The van der Waals surface area contributed by atoms with Crippen molar-refractivity contribution < 1.29 is 17.9 Å². The van der Waals surface area contributed by atoms with Gasteiger partial charge in [-0.05, 0) is 18.6 Å². The number of ketones is 1. The molecule has 0 saturated carbocycles. The van der Waals surface area contributed by atoms with E-state index < -0.39 is 10.0 Å². The van der Waals surface area contributed by atoms with Crippen LogP contribution in [0.2, 0.25) is 0 Å². The molecule has 1 fully saturated rings. The third-order valence-electron chi connectivity index (χ3n) is 3.86. The molecule has 0 unspecified atom stereocenters. The van der Waals surface area contributed by atoms with Crippen LogP contribution in [0.25, 0.3) is 5.57 Å². The van der Waals surface area contributed by atoms with E-state index in [9.17, 15) is 13.2 Å². The summed E-state index contributed by atoms with van der Waals surface area (Å²) in [6, 6.07) is 13.8. The zero-order chi connectivity index (χ0) is 17.3. The molecule has 0 spiro atoms. The smallest absolute Gasteiger partial charge is 0.238 e. The molecule has 1 aliphatic heterocycles. The maximum Gasteiger partial charge on any atom is 0.238 e. The molecule has 6 heteroatoms. The second kappa shape index (κ2) is 6.22. The summed E-state index contributed by atoms with van der Waals surface area (Å²) in [7, 11) is -3.94. The summed E-state index contributed by atoms with van der Waals surface area (Å²) >= 11 is 0. The Balaban J connectivity index is 2.33. The van der Waals surface area contributed by atoms with Crippen LogP contribution in [-0.4, -0.2) is 20.8 Å². The molecule has 0 aromatic heterocycles. The van der Waals surface area contributed by atoms with Gasteiger partial charge in [-0.15, -0.1) is 0 Å². The molecule has 2 aromatic rings. The number of sulfonamides is 1. The zero-order valence-electron chi connectivity index (χ0n) is 13.2. The molecule has 2 aromatic carbocycles. The number of primary sulfonamides is 1. The quantitative estimate of drug-likeness (QED) is 0.867. The Labute approximate surface area is 140 Å². The lowest BCUT2D eigenvalue weighted by molar-refractivity contribution is -0.115. The summed E-state index contributed by atoms with van der Waals surface area (Å²) < 4.78 is 29.5. The predicted octanol–water partition coefficient (Wildman–Crippen LogP) is 2.39. The van der Waals surface area contributed by atoms with Gasteiger partial charge in [0.25, 0.3) is 0 Å². The van der Waals surface area contributed by atoms with Gasteiger partial charge in [-0.25, -0.2) is 13.6 Å². The van der Waals surface area contributed by atoms with Gasteiger partial charge in [0.05, 0.1) is 11.5 Å². The highest BCUT2D eigenvalue weighted by atomic mass is 32.2. The van der Waals surface area contributed by atoms with Crippen LogP contribution in [0.5, 0.6) is 0 Å². The van der Waals surface area contributed by atoms with Crippen LogP contribution in [0, 0.1) is 6.92 Å². The molecule has 3 rings (SSSR count). The average Bonchev–Trinajstić information content (AvgIpc) is 2.95. The van der Waals surface area contributed by atoms with Crippen molar-refractivity contribution in [2.75, 3.05) is 6.61 Å². The van der Waals surface area contributed by atoms with Crippen molar-refractivity contribution in [3.8, 4) is 0 Å². The highest BCUT2D eigenvalue weighted by molar-refractivity contribution is 7.89. The standard InChI is InChI=1S/C18H17NO4S/c1-12-6-8-13(9-7-12)17(18-15(20)10-11-23-18)14-4-2-3-5-16(14)24(19,21)22/h2-9H,10-11H2,1H3,(H2,19,21,22). The van der Waals surface area contributed by atoms with E-state index >= 15 is 0 Å². The largest absolute Gasteiger partial charge is 0.489 e. The van der Waals surface area contributed by atoms with Crippen molar-refractivity contribution in [1.82, 2.24) is 0 Å². The Morgan fingerprint density at radius 1 is 1.08 bits per heavy atom. The van der Waals surface area contributed by atoms with Crippen molar-refractivity contribution >= 4 is 21.4 Å². The minimum absolute atomic E-state index is 0.0311. The summed E-state index contributed by atoms with van der Waals surface area (Å²) in [6.07, 6.45) is 0.280. The molecule has 0 bridgehead atoms. The van der Waals surface area contributed by atoms with Crippen molar-refractivity contribution in [3.63, 3.8) is 0 Å². The van der Waals surface area contributed by atoms with Gasteiger partial charge >= 0.3 is 0 Å². The van der Waals surface area contributed by atoms with Crippen molar-refractivity contribution in [2.24, 2.45) is 5.14 Å². The van der Waals surface area contributed by atoms with E-state index in [0.29, 0.717) is 23.3 Å². The number of carbonyl (C=O) groups is 1. The van der Waals surface area contributed by atoms with Crippen molar-refractivity contribution in [3.05, 3.63) is 71.0 Å². The lowest BCUT2D eigenvalue weighted by atomic mass is 9.94. The number of allylic oxidation sites excluding steroid dienone is 1. The van der Waals surface area contributed by atoms with E-state index in [0.717, 1.165) is 5.56 Å². The second-order valence-electron chi connectivity index (χ2n) is 5.63. The molecule has 0 aliphatic carbocycles. The van der Waals surface area contributed by atoms with Gasteiger partial charge in [-0.1, -0.05) is 48.0 Å². The molecule has 1 aliphatic rings. The number of benzene rings is 2. The van der Waals surface area contributed by atoms with Gasteiger partial charge in [0, 0.05) is 17.6 Å². The molecule has 1 saturated heterocycles. The van der Waals surface area contributed by atoms with E-state index in [2.05, 4.69) is 0 Å². The summed E-state index contributed by atoms with van der Waals surface area (Å²) in [4.78, 5) is 12.2. The fourth-order valence-electron chi connectivity index (χ4n) is 2.70. The maximum absolute atomic E-state index is 12.2. The third-order valence-corrected chi connectivity index (χ3v) is 4.83. The van der Waals surface area contributed by atoms with Gasteiger partial charge in [0.2, 0.25) is 15.8 Å². The van der Waals surface area contributed by atoms with Crippen LogP contribution in [-0.2, 0) is 19.6 Å². The summed E-state index contributed by atoms with van der Waals surface area (Å²) in [5, 5.41) is 5.35. The highest BCUT2D eigenvalue weighted by Gasteiger charge is 2.28. The fourth-order valence-corrected chi connectivity index (χ4v) is 3.45. The minimum Gasteiger partial charge on any atom is -0.489 e. The molecular weight excluding hydrogens is 326 g/mol. The maximum atomic E-state index is 12.2.